The molecule has 1 N–H and O–H groups in total. The number of amides is 2. The number of hydrogen-bond donors (Lipinski definition) is 1. The molecule has 238 valence electrons. The van der Waals surface area contributed by atoms with Crippen molar-refractivity contribution in [1.82, 2.24) is 49.7 Å². The van der Waals surface area contributed by atoms with E-state index in [1.165, 1.54) is 0 Å². The lowest BCUT2D eigenvalue weighted by Crippen LogP contribution is -2.32. The van der Waals surface area contributed by atoms with Gasteiger partial charge in [0.15, 0.2) is 0 Å². The predicted octanol–water partition coefficient (Wildman–Crippen LogP) is 5.19. The second-order valence-electron chi connectivity index (χ2n) is 11.7. The van der Waals surface area contributed by atoms with Gasteiger partial charge in [-0.15, -0.1) is 0 Å². The van der Waals surface area contributed by atoms with Gasteiger partial charge in [-0.2, -0.15) is 10.2 Å². The molecule has 2 aliphatic heterocycles. The minimum Gasteiger partial charge on any atom is -0.351 e. The third-order valence-corrected chi connectivity index (χ3v) is 8.88. The van der Waals surface area contributed by atoms with E-state index in [0.717, 1.165) is 57.2 Å². The fourth-order valence-corrected chi connectivity index (χ4v) is 6.15. The van der Waals surface area contributed by atoms with Gasteiger partial charge in [-0.25, -0.2) is 9.97 Å². The molecule has 0 unspecified atom stereocenters. The molecular weight excluding hydrogens is 639 g/mol. The van der Waals surface area contributed by atoms with Crippen molar-refractivity contribution in [2.75, 3.05) is 7.05 Å². The topological polar surface area (TPSA) is 137 Å². The molecule has 0 aromatic carbocycles. The Kier molecular flexibility index (Phi) is 8.52. The van der Waals surface area contributed by atoms with Gasteiger partial charge < -0.3 is 10.2 Å². The SMILES string of the molecule is CN1C(=O)CC[C@H]1Cn1cc(-c2cnc3ccc(Cl)nc3c2)cn1.O=C1CC[C@@H](Cn2cc(-c3cnc4ccc(Cl)nc4c3)cn2)N1. The Hall–Kier alpha value is -4.94. The van der Waals surface area contributed by atoms with Gasteiger partial charge >= 0.3 is 0 Å². The lowest BCUT2D eigenvalue weighted by Gasteiger charge is -2.19. The number of fused-ring (bicyclic) bond motifs is 2. The molecule has 8 rings (SSSR count). The molecule has 2 fully saturated rings. The van der Waals surface area contributed by atoms with Crippen LogP contribution in [0.3, 0.4) is 0 Å². The molecule has 0 aliphatic carbocycles. The first-order valence-electron chi connectivity index (χ1n) is 15.2. The van der Waals surface area contributed by atoms with Crippen LogP contribution >= 0.6 is 23.2 Å². The molecule has 8 heterocycles. The van der Waals surface area contributed by atoms with E-state index < -0.39 is 0 Å². The number of carbonyl (C=O) groups excluding carboxylic acids is 2. The number of nitrogens with one attached hydrogen (secondary N) is 1. The van der Waals surface area contributed by atoms with E-state index >= 15 is 0 Å². The predicted molar refractivity (Wildman–Crippen MR) is 178 cm³/mol. The van der Waals surface area contributed by atoms with E-state index in [0.29, 0.717) is 36.2 Å². The van der Waals surface area contributed by atoms with Gasteiger partial charge in [0.05, 0.1) is 53.6 Å². The Labute approximate surface area is 279 Å². The molecule has 0 bridgehead atoms. The van der Waals surface area contributed by atoms with Gasteiger partial charge in [-0.1, -0.05) is 23.2 Å². The lowest BCUT2D eigenvalue weighted by atomic mass is 10.1. The molecule has 14 heteroatoms. The van der Waals surface area contributed by atoms with Crippen LogP contribution in [0.2, 0.25) is 10.3 Å². The minimum atomic E-state index is 0.115. The lowest BCUT2D eigenvalue weighted by molar-refractivity contribution is -0.127. The summed E-state index contributed by atoms with van der Waals surface area (Å²) in [5.41, 5.74) is 6.94. The van der Waals surface area contributed by atoms with Crippen LogP contribution in [0.15, 0.2) is 73.6 Å². The maximum Gasteiger partial charge on any atom is 0.222 e. The molecule has 12 nitrogen and oxygen atoms in total. The second kappa shape index (κ2) is 13.0. The summed E-state index contributed by atoms with van der Waals surface area (Å²) in [4.78, 5) is 42.1. The van der Waals surface area contributed by atoms with E-state index in [1.54, 1.807) is 24.5 Å². The van der Waals surface area contributed by atoms with E-state index in [-0.39, 0.29) is 23.9 Å². The summed E-state index contributed by atoms with van der Waals surface area (Å²) in [6.07, 6.45) is 14.1. The van der Waals surface area contributed by atoms with Crippen molar-refractivity contribution in [2.24, 2.45) is 0 Å². The van der Waals surface area contributed by atoms with Crippen LogP contribution in [0, 0.1) is 0 Å². The van der Waals surface area contributed by atoms with Gasteiger partial charge in [0.25, 0.3) is 0 Å². The Bertz CT molecular complexity index is 2110. The average Bonchev–Trinajstić information content (AvgIpc) is 3.88. The second-order valence-corrected chi connectivity index (χ2v) is 12.5. The Morgan fingerprint density at radius 3 is 1.81 bits per heavy atom. The van der Waals surface area contributed by atoms with Gasteiger partial charge in [-0.05, 0) is 49.2 Å². The van der Waals surface area contributed by atoms with Crippen LogP contribution in [0.5, 0.6) is 0 Å². The Balaban J connectivity index is 0.000000150. The maximum atomic E-state index is 11.6. The number of aromatic nitrogens is 8. The van der Waals surface area contributed by atoms with Gasteiger partial charge in [0, 0.05) is 73.0 Å². The van der Waals surface area contributed by atoms with Crippen molar-refractivity contribution in [3.05, 3.63) is 83.9 Å². The van der Waals surface area contributed by atoms with Crippen LogP contribution < -0.4 is 5.32 Å². The highest BCUT2D eigenvalue weighted by Crippen LogP contribution is 2.25. The van der Waals surface area contributed by atoms with E-state index in [4.69, 9.17) is 23.2 Å². The van der Waals surface area contributed by atoms with Gasteiger partial charge in [0.1, 0.15) is 10.3 Å². The van der Waals surface area contributed by atoms with E-state index in [2.05, 4.69) is 35.5 Å². The molecule has 0 spiro atoms. The highest BCUT2D eigenvalue weighted by Gasteiger charge is 2.28. The minimum absolute atomic E-state index is 0.115. The normalized spacial score (nSPS) is 17.7. The zero-order valence-electron chi connectivity index (χ0n) is 25.4. The molecule has 47 heavy (non-hydrogen) atoms. The van der Waals surface area contributed by atoms with Gasteiger partial charge in [0.2, 0.25) is 11.8 Å². The summed E-state index contributed by atoms with van der Waals surface area (Å²) in [6, 6.07) is 11.4. The zero-order valence-corrected chi connectivity index (χ0v) is 26.9. The summed E-state index contributed by atoms with van der Waals surface area (Å²) < 4.78 is 3.73. The summed E-state index contributed by atoms with van der Waals surface area (Å²) in [6.45, 7) is 1.38. The fourth-order valence-electron chi connectivity index (χ4n) is 5.84. The van der Waals surface area contributed by atoms with Crippen molar-refractivity contribution >= 4 is 57.1 Å². The highest BCUT2D eigenvalue weighted by molar-refractivity contribution is 6.30. The maximum absolute atomic E-state index is 11.6. The number of nitrogens with zero attached hydrogens (tertiary/aromatic N) is 9. The number of carbonyl (C=O) groups is 2. The zero-order chi connectivity index (χ0) is 32.5. The number of likely N-dealkylation sites (N-methyl/N-ethyl adjacent to an activating group) is 1. The van der Waals surface area contributed by atoms with Crippen LogP contribution in [0.4, 0.5) is 0 Å². The Morgan fingerprint density at radius 2 is 1.30 bits per heavy atom. The molecule has 6 aromatic rings. The standard InChI is InChI=1S/C17H16ClN5O.C16H14ClN5O/c1-22-13(2-5-17(22)24)10-23-9-12(8-20-23)11-6-15-14(19-7-11)3-4-16(18)21-15;17-15-3-2-13-14(21-15)5-10(6-18-13)11-7-19-22(8-11)9-12-1-4-16(23)20-12/h3-4,6-9,13H,2,5,10H2,1H3;2-3,5-8,12H,1,4,9H2,(H,20,23)/t13-;12-/m00/s1. The average molecular weight is 670 g/mol. The number of likely N-dealkylation sites (tertiary alicyclic amines) is 1. The summed E-state index contributed by atoms with van der Waals surface area (Å²) in [5.74, 6) is 0.318. The molecule has 2 aliphatic rings. The molecule has 0 saturated carbocycles. The van der Waals surface area contributed by atoms with Crippen LogP contribution in [0.25, 0.3) is 44.3 Å². The highest BCUT2D eigenvalue weighted by atomic mass is 35.5. The number of hydrogen-bond acceptors (Lipinski definition) is 8. The molecular formula is C33H30Cl2N10O2. The summed E-state index contributed by atoms with van der Waals surface area (Å²) in [5, 5.41) is 12.6. The first kappa shape index (κ1) is 30.7. The third kappa shape index (κ3) is 6.93. The fraction of sp³-hybridized carbons (Fsp3) is 0.273. The van der Waals surface area contributed by atoms with Crippen molar-refractivity contribution in [3.8, 4) is 22.3 Å². The summed E-state index contributed by atoms with van der Waals surface area (Å²) >= 11 is 11.9. The van der Waals surface area contributed by atoms with Crippen molar-refractivity contribution in [2.45, 2.75) is 50.9 Å². The summed E-state index contributed by atoms with van der Waals surface area (Å²) in [7, 11) is 1.85. The van der Waals surface area contributed by atoms with E-state index in [9.17, 15) is 9.59 Å². The van der Waals surface area contributed by atoms with Crippen molar-refractivity contribution in [3.63, 3.8) is 0 Å². The third-order valence-electron chi connectivity index (χ3n) is 8.46. The smallest absolute Gasteiger partial charge is 0.222 e. The number of halogens is 2. The van der Waals surface area contributed by atoms with Crippen LogP contribution in [-0.2, 0) is 22.7 Å². The number of rotatable bonds is 6. The molecule has 2 atom stereocenters. The molecule has 0 radical (unpaired) electrons. The van der Waals surface area contributed by atoms with Crippen LogP contribution in [-0.4, -0.2) is 75.3 Å². The first-order chi connectivity index (χ1) is 22.8. The monoisotopic (exact) mass is 668 g/mol. The van der Waals surface area contributed by atoms with Crippen molar-refractivity contribution in [1.29, 1.82) is 0 Å². The number of pyridine rings is 4. The first-order valence-corrected chi connectivity index (χ1v) is 16.0. The van der Waals surface area contributed by atoms with Crippen molar-refractivity contribution < 1.29 is 9.59 Å². The molecule has 6 aromatic heterocycles. The molecule has 2 saturated heterocycles. The Morgan fingerprint density at radius 1 is 0.723 bits per heavy atom. The largest absolute Gasteiger partial charge is 0.351 e. The van der Waals surface area contributed by atoms with Crippen LogP contribution in [0.1, 0.15) is 25.7 Å². The quantitative estimate of drug-likeness (QED) is 0.239. The molecule has 2 amide bonds. The van der Waals surface area contributed by atoms with Gasteiger partial charge in [-0.3, -0.25) is 28.9 Å². The van der Waals surface area contributed by atoms with E-state index in [1.807, 2.05) is 70.4 Å².